The van der Waals surface area contributed by atoms with Crippen LogP contribution in [0.15, 0.2) is 54.9 Å². The number of hydrogen-bond donors (Lipinski definition) is 1. The standard InChI is InChI=1S/C21H19N3O2S/c1-13-18(14-7-5-4-6-8-14)19-20(22-12-23-21(19)27-13)24-16-11-15(25-2)9-10-17(16)26-3/h4-12H,1-3H3,(H,22,23,24). The molecule has 0 bridgehead atoms. The van der Waals surface area contributed by atoms with Crippen LogP contribution in [0.2, 0.25) is 0 Å². The number of nitrogens with one attached hydrogen (secondary N) is 1. The second-order valence-corrected chi connectivity index (χ2v) is 7.20. The summed E-state index contributed by atoms with van der Waals surface area (Å²) in [5.41, 5.74) is 3.09. The Morgan fingerprint density at radius 1 is 0.963 bits per heavy atom. The Labute approximate surface area is 161 Å². The minimum Gasteiger partial charge on any atom is -0.497 e. The third-order valence-electron chi connectivity index (χ3n) is 4.39. The average molecular weight is 377 g/mol. The number of methoxy groups -OCH3 is 2. The van der Waals surface area contributed by atoms with Crippen molar-refractivity contribution in [3.8, 4) is 22.6 Å². The molecule has 0 atom stereocenters. The Morgan fingerprint density at radius 3 is 2.52 bits per heavy atom. The largest absolute Gasteiger partial charge is 0.497 e. The SMILES string of the molecule is COc1ccc(OC)c(Nc2ncnc3sc(C)c(-c4ccccc4)c23)c1. The first kappa shape index (κ1) is 17.3. The highest BCUT2D eigenvalue weighted by Crippen LogP contribution is 2.42. The van der Waals surface area contributed by atoms with Crippen molar-refractivity contribution in [2.75, 3.05) is 19.5 Å². The van der Waals surface area contributed by atoms with Crippen molar-refractivity contribution in [3.05, 3.63) is 59.7 Å². The van der Waals surface area contributed by atoms with Crippen LogP contribution in [0.5, 0.6) is 11.5 Å². The molecule has 0 amide bonds. The number of ether oxygens (including phenoxy) is 2. The lowest BCUT2D eigenvalue weighted by atomic mass is 10.0. The van der Waals surface area contributed by atoms with Gasteiger partial charge in [-0.05, 0) is 24.6 Å². The van der Waals surface area contributed by atoms with E-state index in [1.165, 1.54) is 4.88 Å². The van der Waals surface area contributed by atoms with Crippen molar-refractivity contribution in [2.24, 2.45) is 0 Å². The molecule has 27 heavy (non-hydrogen) atoms. The molecule has 0 fully saturated rings. The topological polar surface area (TPSA) is 56.3 Å². The van der Waals surface area contributed by atoms with E-state index in [9.17, 15) is 0 Å². The highest BCUT2D eigenvalue weighted by molar-refractivity contribution is 7.19. The smallest absolute Gasteiger partial charge is 0.143 e. The van der Waals surface area contributed by atoms with Gasteiger partial charge in [0.1, 0.15) is 28.5 Å². The maximum absolute atomic E-state index is 5.49. The van der Waals surface area contributed by atoms with E-state index in [1.807, 2.05) is 36.4 Å². The number of hydrogen-bond acceptors (Lipinski definition) is 6. The predicted octanol–water partition coefficient (Wildman–Crippen LogP) is 5.43. The summed E-state index contributed by atoms with van der Waals surface area (Å²) in [5.74, 6) is 2.21. The van der Waals surface area contributed by atoms with E-state index in [0.717, 1.165) is 44.3 Å². The van der Waals surface area contributed by atoms with Crippen molar-refractivity contribution >= 4 is 33.1 Å². The maximum atomic E-state index is 5.49. The van der Waals surface area contributed by atoms with Crippen LogP contribution in [-0.4, -0.2) is 24.2 Å². The third kappa shape index (κ3) is 3.19. The number of benzene rings is 2. The van der Waals surface area contributed by atoms with E-state index >= 15 is 0 Å². The number of aromatic nitrogens is 2. The zero-order valence-electron chi connectivity index (χ0n) is 15.3. The van der Waals surface area contributed by atoms with Crippen molar-refractivity contribution in [3.63, 3.8) is 0 Å². The van der Waals surface area contributed by atoms with Crippen molar-refractivity contribution in [2.45, 2.75) is 6.92 Å². The molecule has 0 saturated carbocycles. The van der Waals surface area contributed by atoms with Gasteiger partial charge in [-0.2, -0.15) is 0 Å². The average Bonchev–Trinajstić information content (AvgIpc) is 3.05. The minimum atomic E-state index is 0.718. The summed E-state index contributed by atoms with van der Waals surface area (Å²) in [4.78, 5) is 11.2. The maximum Gasteiger partial charge on any atom is 0.143 e. The van der Waals surface area contributed by atoms with Gasteiger partial charge in [0, 0.05) is 16.5 Å². The van der Waals surface area contributed by atoms with Gasteiger partial charge in [-0.3, -0.25) is 0 Å². The van der Waals surface area contributed by atoms with E-state index in [0.29, 0.717) is 0 Å². The third-order valence-corrected chi connectivity index (χ3v) is 5.40. The first-order valence-electron chi connectivity index (χ1n) is 8.50. The fourth-order valence-electron chi connectivity index (χ4n) is 3.13. The van der Waals surface area contributed by atoms with Crippen molar-refractivity contribution in [1.29, 1.82) is 0 Å². The molecule has 0 saturated heterocycles. The molecule has 5 nitrogen and oxygen atoms in total. The van der Waals surface area contributed by atoms with Crippen LogP contribution in [0.25, 0.3) is 21.3 Å². The fourth-order valence-corrected chi connectivity index (χ4v) is 4.14. The summed E-state index contributed by atoms with van der Waals surface area (Å²) in [6.45, 7) is 2.12. The molecule has 0 aliphatic heterocycles. The first-order valence-corrected chi connectivity index (χ1v) is 9.31. The zero-order chi connectivity index (χ0) is 18.8. The molecule has 0 radical (unpaired) electrons. The molecular weight excluding hydrogens is 358 g/mol. The van der Waals surface area contributed by atoms with Gasteiger partial charge in [-0.1, -0.05) is 30.3 Å². The Balaban J connectivity index is 1.89. The number of thiophene rings is 1. The number of aryl methyl sites for hydroxylation is 1. The monoisotopic (exact) mass is 377 g/mol. The van der Waals surface area contributed by atoms with E-state index in [1.54, 1.807) is 31.9 Å². The van der Waals surface area contributed by atoms with Gasteiger partial charge in [0.05, 0.1) is 25.3 Å². The first-order chi connectivity index (χ1) is 13.2. The molecule has 0 aliphatic rings. The van der Waals surface area contributed by atoms with Gasteiger partial charge < -0.3 is 14.8 Å². The molecule has 1 N–H and O–H groups in total. The van der Waals surface area contributed by atoms with Gasteiger partial charge in [-0.15, -0.1) is 11.3 Å². The molecule has 4 aromatic rings. The molecule has 2 aromatic heterocycles. The Kier molecular flexibility index (Phi) is 4.64. The summed E-state index contributed by atoms with van der Waals surface area (Å²) < 4.78 is 10.8. The minimum absolute atomic E-state index is 0.718. The molecule has 4 rings (SSSR count). The summed E-state index contributed by atoms with van der Waals surface area (Å²) in [6, 6.07) is 16.0. The van der Waals surface area contributed by atoms with E-state index in [2.05, 4.69) is 34.3 Å². The summed E-state index contributed by atoms with van der Waals surface area (Å²) in [7, 11) is 3.29. The van der Waals surface area contributed by atoms with Crippen LogP contribution in [0.1, 0.15) is 4.88 Å². The normalized spacial score (nSPS) is 10.8. The lowest BCUT2D eigenvalue weighted by Gasteiger charge is -2.13. The second-order valence-electron chi connectivity index (χ2n) is 5.99. The lowest BCUT2D eigenvalue weighted by molar-refractivity contribution is 0.405. The predicted molar refractivity (Wildman–Crippen MR) is 110 cm³/mol. The second kappa shape index (κ2) is 7.25. The van der Waals surface area contributed by atoms with Gasteiger partial charge in [0.2, 0.25) is 0 Å². The lowest BCUT2D eigenvalue weighted by Crippen LogP contribution is -1.99. The Hall–Kier alpha value is -3.12. The quantitative estimate of drug-likeness (QED) is 0.503. The van der Waals surface area contributed by atoms with Crippen molar-refractivity contribution < 1.29 is 9.47 Å². The molecule has 2 heterocycles. The van der Waals surface area contributed by atoms with Gasteiger partial charge in [0.25, 0.3) is 0 Å². The van der Waals surface area contributed by atoms with Crippen LogP contribution < -0.4 is 14.8 Å². The van der Waals surface area contributed by atoms with Gasteiger partial charge in [0.15, 0.2) is 0 Å². The molecular formula is C21H19N3O2S. The van der Waals surface area contributed by atoms with E-state index in [4.69, 9.17) is 9.47 Å². The number of rotatable bonds is 5. The summed E-state index contributed by atoms with van der Waals surface area (Å²) in [5, 5.41) is 4.43. The van der Waals surface area contributed by atoms with Gasteiger partial charge >= 0.3 is 0 Å². The highest BCUT2D eigenvalue weighted by Gasteiger charge is 2.17. The van der Waals surface area contributed by atoms with Gasteiger partial charge in [-0.25, -0.2) is 9.97 Å². The molecule has 0 spiro atoms. The summed E-state index contributed by atoms with van der Waals surface area (Å²) in [6.07, 6.45) is 1.59. The van der Waals surface area contributed by atoms with E-state index < -0.39 is 0 Å². The molecule has 0 aliphatic carbocycles. The van der Waals surface area contributed by atoms with Crippen LogP contribution >= 0.6 is 11.3 Å². The molecule has 0 unspecified atom stereocenters. The number of anilines is 2. The van der Waals surface area contributed by atoms with E-state index in [-0.39, 0.29) is 0 Å². The number of nitrogens with zero attached hydrogens (tertiary/aromatic N) is 2. The summed E-state index contributed by atoms with van der Waals surface area (Å²) >= 11 is 1.67. The Morgan fingerprint density at radius 2 is 1.78 bits per heavy atom. The van der Waals surface area contributed by atoms with Crippen LogP contribution in [0.4, 0.5) is 11.5 Å². The van der Waals surface area contributed by atoms with Crippen molar-refractivity contribution in [1.82, 2.24) is 9.97 Å². The molecule has 6 heteroatoms. The van der Waals surface area contributed by atoms with Crippen LogP contribution in [-0.2, 0) is 0 Å². The fraction of sp³-hybridized carbons (Fsp3) is 0.143. The highest BCUT2D eigenvalue weighted by atomic mass is 32.1. The van der Waals surface area contributed by atoms with Crippen LogP contribution in [0, 0.1) is 6.92 Å². The number of fused-ring (bicyclic) bond motifs is 1. The Bertz CT molecular complexity index is 1090. The van der Waals surface area contributed by atoms with Crippen LogP contribution in [0.3, 0.4) is 0 Å². The molecule has 2 aromatic carbocycles. The zero-order valence-corrected chi connectivity index (χ0v) is 16.1. The molecule has 136 valence electrons.